The number of rotatable bonds is 1. The smallest absolute Gasteiger partial charge is 0.141 e. The molecule has 0 bridgehead atoms. The largest absolute Gasteiger partial charge is 0.488 e. The first kappa shape index (κ1) is 9.80. The van der Waals surface area contributed by atoms with Gasteiger partial charge in [-0.2, -0.15) is 0 Å². The average Bonchev–Trinajstić information content (AvgIpc) is 2.40. The van der Waals surface area contributed by atoms with Gasteiger partial charge in [0.25, 0.3) is 0 Å². The number of benzene rings is 1. The molecular weight excluding hydrogens is 201 g/mol. The SMILES string of the molecule is CCC1CNSc2c(F)cccc2O1. The Labute approximate surface area is 87.0 Å². The predicted molar refractivity (Wildman–Crippen MR) is 55.0 cm³/mol. The molecule has 2 nitrogen and oxygen atoms in total. The van der Waals surface area contributed by atoms with Crippen molar-refractivity contribution in [2.75, 3.05) is 6.54 Å². The fourth-order valence-electron chi connectivity index (χ4n) is 1.34. The van der Waals surface area contributed by atoms with Crippen LogP contribution in [0.1, 0.15) is 13.3 Å². The summed E-state index contributed by atoms with van der Waals surface area (Å²) in [6.07, 6.45) is 1.05. The molecule has 2 rings (SSSR count). The Bertz CT molecular complexity index is 332. The third-order valence-corrected chi connectivity index (χ3v) is 3.08. The van der Waals surface area contributed by atoms with Crippen molar-refractivity contribution in [2.24, 2.45) is 0 Å². The summed E-state index contributed by atoms with van der Waals surface area (Å²) < 4.78 is 22.1. The van der Waals surface area contributed by atoms with Gasteiger partial charge in [-0.1, -0.05) is 13.0 Å². The molecule has 1 atom stereocenters. The Morgan fingerprint density at radius 3 is 3.29 bits per heavy atom. The van der Waals surface area contributed by atoms with E-state index in [9.17, 15) is 4.39 Å². The number of nitrogens with one attached hydrogen (secondary N) is 1. The summed E-state index contributed by atoms with van der Waals surface area (Å²) in [6, 6.07) is 4.93. The molecule has 0 aromatic heterocycles. The number of ether oxygens (including phenoxy) is 1. The molecule has 0 fully saturated rings. The van der Waals surface area contributed by atoms with Crippen LogP contribution in [-0.4, -0.2) is 12.6 Å². The maximum atomic E-state index is 13.3. The van der Waals surface area contributed by atoms with Crippen molar-refractivity contribution in [2.45, 2.75) is 24.3 Å². The number of hydrogen-bond acceptors (Lipinski definition) is 3. The van der Waals surface area contributed by atoms with E-state index >= 15 is 0 Å². The Morgan fingerprint density at radius 1 is 1.64 bits per heavy atom. The van der Waals surface area contributed by atoms with Crippen molar-refractivity contribution in [3.8, 4) is 5.75 Å². The molecule has 0 radical (unpaired) electrons. The second kappa shape index (κ2) is 4.19. The maximum Gasteiger partial charge on any atom is 0.141 e. The lowest BCUT2D eigenvalue weighted by molar-refractivity contribution is 0.199. The Kier molecular flexibility index (Phi) is 2.93. The zero-order valence-corrected chi connectivity index (χ0v) is 8.73. The van der Waals surface area contributed by atoms with E-state index < -0.39 is 0 Å². The van der Waals surface area contributed by atoms with Crippen molar-refractivity contribution in [1.82, 2.24) is 4.72 Å². The van der Waals surface area contributed by atoms with E-state index in [4.69, 9.17) is 4.74 Å². The van der Waals surface area contributed by atoms with Crippen LogP contribution in [0, 0.1) is 5.82 Å². The lowest BCUT2D eigenvalue weighted by Gasteiger charge is -2.14. The third-order valence-electron chi connectivity index (χ3n) is 2.17. The van der Waals surface area contributed by atoms with Gasteiger partial charge in [0.15, 0.2) is 0 Å². The summed E-state index contributed by atoms with van der Waals surface area (Å²) in [4.78, 5) is 0.559. The molecule has 4 heteroatoms. The monoisotopic (exact) mass is 213 g/mol. The minimum Gasteiger partial charge on any atom is -0.488 e. The van der Waals surface area contributed by atoms with Gasteiger partial charge in [-0.05, 0) is 30.5 Å². The molecule has 1 N–H and O–H groups in total. The van der Waals surface area contributed by atoms with Crippen LogP contribution >= 0.6 is 11.9 Å². The average molecular weight is 213 g/mol. The lowest BCUT2D eigenvalue weighted by atomic mass is 10.2. The quantitative estimate of drug-likeness (QED) is 0.724. The Balaban J connectivity index is 2.32. The van der Waals surface area contributed by atoms with Gasteiger partial charge in [-0.25, -0.2) is 4.39 Å². The highest BCUT2D eigenvalue weighted by atomic mass is 32.2. The second-order valence-corrected chi connectivity index (χ2v) is 4.07. The van der Waals surface area contributed by atoms with E-state index in [0.29, 0.717) is 10.6 Å². The summed E-state index contributed by atoms with van der Waals surface area (Å²) in [5.74, 6) is 0.420. The van der Waals surface area contributed by atoms with E-state index in [0.717, 1.165) is 13.0 Å². The van der Waals surface area contributed by atoms with Gasteiger partial charge in [0.2, 0.25) is 0 Å². The molecule has 1 aromatic carbocycles. The summed E-state index contributed by atoms with van der Waals surface area (Å²) in [6.45, 7) is 2.80. The van der Waals surface area contributed by atoms with Crippen molar-refractivity contribution < 1.29 is 9.13 Å². The second-order valence-electron chi connectivity index (χ2n) is 3.17. The van der Waals surface area contributed by atoms with Crippen LogP contribution in [0.5, 0.6) is 5.75 Å². The minimum atomic E-state index is -0.225. The van der Waals surface area contributed by atoms with Crippen LogP contribution in [-0.2, 0) is 0 Å². The van der Waals surface area contributed by atoms with Gasteiger partial charge < -0.3 is 4.74 Å². The summed E-state index contributed by atoms with van der Waals surface area (Å²) in [7, 11) is 0. The van der Waals surface area contributed by atoms with Crippen LogP contribution in [0.15, 0.2) is 23.1 Å². The fraction of sp³-hybridized carbons (Fsp3) is 0.400. The van der Waals surface area contributed by atoms with E-state index in [-0.39, 0.29) is 11.9 Å². The highest BCUT2D eigenvalue weighted by molar-refractivity contribution is 7.97. The zero-order valence-electron chi connectivity index (χ0n) is 7.92. The van der Waals surface area contributed by atoms with Gasteiger partial charge in [-0.3, -0.25) is 4.72 Å². The van der Waals surface area contributed by atoms with Crippen LogP contribution in [0.25, 0.3) is 0 Å². The minimum absolute atomic E-state index is 0.130. The molecule has 0 saturated heterocycles. The third kappa shape index (κ3) is 1.86. The standard InChI is InChI=1S/C10H12FNOS/c1-2-7-6-12-14-10-8(11)4-3-5-9(10)13-7/h3-5,7,12H,2,6H2,1H3. The predicted octanol–water partition coefficient (Wildman–Crippen LogP) is 2.59. The fourth-order valence-corrected chi connectivity index (χ4v) is 2.13. The first-order valence-corrected chi connectivity index (χ1v) is 5.47. The molecule has 1 aliphatic rings. The number of fused-ring (bicyclic) bond motifs is 1. The van der Waals surface area contributed by atoms with Crippen LogP contribution in [0.3, 0.4) is 0 Å². The molecule has 76 valence electrons. The lowest BCUT2D eigenvalue weighted by Crippen LogP contribution is -2.25. The Hall–Kier alpha value is -0.740. The van der Waals surface area contributed by atoms with Crippen molar-refractivity contribution in [3.63, 3.8) is 0 Å². The van der Waals surface area contributed by atoms with Crippen molar-refractivity contribution in [1.29, 1.82) is 0 Å². The summed E-state index contributed by atoms with van der Waals surface area (Å²) >= 11 is 1.31. The van der Waals surface area contributed by atoms with E-state index in [1.807, 2.05) is 0 Å². The molecule has 14 heavy (non-hydrogen) atoms. The zero-order chi connectivity index (χ0) is 9.97. The first-order chi connectivity index (χ1) is 6.81. The molecular formula is C10H12FNOS. The maximum absolute atomic E-state index is 13.3. The normalized spacial score (nSPS) is 20.9. The topological polar surface area (TPSA) is 21.3 Å². The van der Waals surface area contributed by atoms with Gasteiger partial charge >= 0.3 is 0 Å². The van der Waals surface area contributed by atoms with Crippen LogP contribution < -0.4 is 9.46 Å². The van der Waals surface area contributed by atoms with E-state index in [1.165, 1.54) is 18.0 Å². The highest BCUT2D eigenvalue weighted by Crippen LogP contribution is 2.32. The first-order valence-electron chi connectivity index (χ1n) is 4.66. The number of hydrogen-bond donors (Lipinski definition) is 1. The van der Waals surface area contributed by atoms with Gasteiger partial charge in [0, 0.05) is 6.54 Å². The molecule has 1 aliphatic heterocycles. The van der Waals surface area contributed by atoms with Gasteiger partial charge in [0.1, 0.15) is 22.6 Å². The molecule has 1 aromatic rings. The molecule has 1 unspecified atom stereocenters. The van der Waals surface area contributed by atoms with Crippen LogP contribution in [0.4, 0.5) is 4.39 Å². The summed E-state index contributed by atoms with van der Waals surface area (Å²) in [5.41, 5.74) is 0. The molecule has 0 aliphatic carbocycles. The number of halogens is 1. The Morgan fingerprint density at radius 2 is 2.50 bits per heavy atom. The summed E-state index contributed by atoms with van der Waals surface area (Å²) in [5, 5.41) is 0. The highest BCUT2D eigenvalue weighted by Gasteiger charge is 2.18. The molecule has 0 amide bonds. The van der Waals surface area contributed by atoms with Crippen LogP contribution in [0.2, 0.25) is 0 Å². The molecule has 1 heterocycles. The van der Waals surface area contributed by atoms with Gasteiger partial charge in [-0.15, -0.1) is 0 Å². The van der Waals surface area contributed by atoms with E-state index in [1.54, 1.807) is 12.1 Å². The van der Waals surface area contributed by atoms with Crippen molar-refractivity contribution in [3.05, 3.63) is 24.0 Å². The molecule has 0 saturated carbocycles. The van der Waals surface area contributed by atoms with Gasteiger partial charge in [0.05, 0.1) is 0 Å². The molecule has 0 spiro atoms. The van der Waals surface area contributed by atoms with Crippen molar-refractivity contribution >= 4 is 11.9 Å². The van der Waals surface area contributed by atoms with E-state index in [2.05, 4.69) is 11.6 Å².